The van der Waals surface area contributed by atoms with Crippen LogP contribution in [0.5, 0.6) is 0 Å². The maximum absolute atomic E-state index is 11.9. The molecule has 21 heavy (non-hydrogen) atoms. The van der Waals surface area contributed by atoms with E-state index in [1.54, 1.807) is 4.90 Å². The Hall–Kier alpha value is -1.56. The Bertz CT molecular complexity index is 684. The number of H-pyrrole nitrogens is 1. The predicted molar refractivity (Wildman–Crippen MR) is 84.3 cm³/mol. The Kier molecular flexibility index (Phi) is 3.43. The highest BCUT2D eigenvalue weighted by Gasteiger charge is 2.36. The number of aromatic nitrogens is 2. The Morgan fingerprint density at radius 1 is 1.43 bits per heavy atom. The molecule has 0 aliphatic carbocycles. The van der Waals surface area contributed by atoms with Crippen LogP contribution in [0.25, 0.3) is 10.9 Å². The lowest BCUT2D eigenvalue weighted by Crippen LogP contribution is -2.50. The lowest BCUT2D eigenvalue weighted by Gasteiger charge is -2.39. The number of hydrogen-bond donors (Lipinski definition) is 1. The van der Waals surface area contributed by atoms with E-state index in [4.69, 9.17) is 4.74 Å². The van der Waals surface area contributed by atoms with E-state index < -0.39 is 5.60 Å². The molecular formula is C15H18BrN3O2. The number of benzene rings is 1. The lowest BCUT2D eigenvalue weighted by molar-refractivity contribution is 0.00797. The number of nitrogens with zero attached hydrogens (tertiary/aromatic N) is 2. The van der Waals surface area contributed by atoms with Crippen LogP contribution >= 0.6 is 15.9 Å². The first kappa shape index (κ1) is 14.4. The molecule has 1 N–H and O–H groups in total. The van der Waals surface area contributed by atoms with E-state index in [0.29, 0.717) is 13.1 Å². The number of carbonyl (C=O) groups is 1. The molecule has 6 heteroatoms. The molecule has 2 heterocycles. The first-order valence-electron chi connectivity index (χ1n) is 6.95. The summed E-state index contributed by atoms with van der Waals surface area (Å²) in [6, 6.07) is 6.02. The van der Waals surface area contributed by atoms with Gasteiger partial charge in [-0.1, -0.05) is 12.1 Å². The fourth-order valence-electron chi connectivity index (χ4n) is 2.47. The number of ether oxygens (including phenoxy) is 1. The van der Waals surface area contributed by atoms with Gasteiger partial charge in [0, 0.05) is 34.6 Å². The zero-order valence-corrected chi connectivity index (χ0v) is 13.9. The molecule has 0 spiro atoms. The molecule has 1 fully saturated rings. The van der Waals surface area contributed by atoms with Crippen molar-refractivity contribution in [2.24, 2.45) is 0 Å². The van der Waals surface area contributed by atoms with Gasteiger partial charge in [0.2, 0.25) is 0 Å². The van der Waals surface area contributed by atoms with Crippen molar-refractivity contribution in [2.45, 2.75) is 32.3 Å². The van der Waals surface area contributed by atoms with Crippen LogP contribution in [0.15, 0.2) is 22.7 Å². The SMILES string of the molecule is CC(C)(C)OC(=O)N1CC(c2[nH]nc3c(Br)cccc23)C1. The van der Waals surface area contributed by atoms with Gasteiger partial charge in [0.15, 0.2) is 0 Å². The average Bonchev–Trinajstić information content (AvgIpc) is 2.70. The molecule has 1 amide bonds. The third-order valence-electron chi connectivity index (χ3n) is 3.51. The number of hydrogen-bond acceptors (Lipinski definition) is 3. The molecular weight excluding hydrogens is 334 g/mol. The summed E-state index contributed by atoms with van der Waals surface area (Å²) in [5.74, 6) is 0.289. The van der Waals surface area contributed by atoms with E-state index in [1.807, 2.05) is 32.9 Å². The van der Waals surface area contributed by atoms with Crippen molar-refractivity contribution in [3.63, 3.8) is 0 Å². The summed E-state index contributed by atoms with van der Waals surface area (Å²) in [5.41, 5.74) is 1.57. The van der Waals surface area contributed by atoms with Gasteiger partial charge in [0.1, 0.15) is 11.1 Å². The molecule has 1 saturated heterocycles. The Balaban J connectivity index is 1.71. The number of likely N-dealkylation sites (tertiary alicyclic amines) is 1. The number of amides is 1. The van der Waals surface area contributed by atoms with Crippen LogP contribution in [0.2, 0.25) is 0 Å². The molecule has 0 atom stereocenters. The minimum absolute atomic E-state index is 0.247. The fraction of sp³-hybridized carbons (Fsp3) is 0.467. The second-order valence-corrected chi connectivity index (χ2v) is 7.21. The highest BCUT2D eigenvalue weighted by Crippen LogP contribution is 2.33. The van der Waals surface area contributed by atoms with E-state index in [2.05, 4.69) is 32.2 Å². The molecule has 0 unspecified atom stereocenters. The Morgan fingerprint density at radius 2 is 2.14 bits per heavy atom. The van der Waals surface area contributed by atoms with Gasteiger partial charge in [-0.15, -0.1) is 0 Å². The number of fused-ring (bicyclic) bond motifs is 1. The van der Waals surface area contributed by atoms with Crippen molar-refractivity contribution in [3.8, 4) is 0 Å². The summed E-state index contributed by atoms with van der Waals surface area (Å²) in [4.78, 5) is 13.7. The monoisotopic (exact) mass is 351 g/mol. The second-order valence-electron chi connectivity index (χ2n) is 6.36. The topological polar surface area (TPSA) is 58.2 Å². The zero-order valence-electron chi connectivity index (χ0n) is 12.3. The zero-order chi connectivity index (χ0) is 15.2. The highest BCUT2D eigenvalue weighted by atomic mass is 79.9. The van der Waals surface area contributed by atoms with Gasteiger partial charge in [-0.25, -0.2) is 4.79 Å². The summed E-state index contributed by atoms with van der Waals surface area (Å²) in [6.07, 6.45) is -0.247. The molecule has 1 aliphatic rings. The molecule has 3 rings (SSSR count). The Morgan fingerprint density at radius 3 is 2.81 bits per heavy atom. The largest absolute Gasteiger partial charge is 0.444 e. The molecule has 1 aromatic carbocycles. The van der Waals surface area contributed by atoms with E-state index in [1.165, 1.54) is 0 Å². The number of nitrogens with one attached hydrogen (secondary N) is 1. The predicted octanol–water partition coefficient (Wildman–Crippen LogP) is 3.66. The summed E-state index contributed by atoms with van der Waals surface area (Å²) in [6.45, 7) is 6.96. The molecule has 0 bridgehead atoms. The van der Waals surface area contributed by atoms with Crippen molar-refractivity contribution in [2.75, 3.05) is 13.1 Å². The van der Waals surface area contributed by atoms with Gasteiger partial charge in [0.25, 0.3) is 0 Å². The molecule has 5 nitrogen and oxygen atoms in total. The summed E-state index contributed by atoms with van der Waals surface area (Å²) >= 11 is 3.50. The summed E-state index contributed by atoms with van der Waals surface area (Å²) in [7, 11) is 0. The molecule has 0 radical (unpaired) electrons. The molecule has 0 saturated carbocycles. The van der Waals surface area contributed by atoms with Crippen LogP contribution in [-0.4, -0.2) is 39.9 Å². The van der Waals surface area contributed by atoms with Gasteiger partial charge in [0.05, 0.1) is 0 Å². The standard InChI is InChI=1S/C15H18BrN3O2/c1-15(2,3)21-14(20)19-7-9(8-19)12-10-5-4-6-11(16)13(10)18-17-12/h4-6,9H,7-8H2,1-3H3,(H,17,18). The van der Waals surface area contributed by atoms with Crippen LogP contribution in [0.3, 0.4) is 0 Å². The Labute approximate surface area is 131 Å². The maximum Gasteiger partial charge on any atom is 0.410 e. The van der Waals surface area contributed by atoms with Crippen LogP contribution < -0.4 is 0 Å². The van der Waals surface area contributed by atoms with E-state index in [0.717, 1.165) is 21.1 Å². The second kappa shape index (κ2) is 5.02. The third kappa shape index (κ3) is 2.77. The summed E-state index contributed by atoms with van der Waals surface area (Å²) < 4.78 is 6.35. The van der Waals surface area contributed by atoms with Gasteiger partial charge in [-0.2, -0.15) is 5.10 Å². The molecule has 1 aliphatic heterocycles. The molecule has 2 aromatic rings. The average molecular weight is 352 g/mol. The van der Waals surface area contributed by atoms with E-state index in [9.17, 15) is 4.79 Å². The number of carbonyl (C=O) groups excluding carboxylic acids is 1. The summed E-state index contributed by atoms with van der Waals surface area (Å²) in [5, 5.41) is 8.56. The number of halogens is 1. The first-order chi connectivity index (χ1) is 9.85. The molecule has 112 valence electrons. The number of rotatable bonds is 1. The fourth-order valence-corrected chi connectivity index (χ4v) is 2.93. The quantitative estimate of drug-likeness (QED) is 0.852. The third-order valence-corrected chi connectivity index (χ3v) is 4.15. The van der Waals surface area contributed by atoms with Crippen molar-refractivity contribution in [3.05, 3.63) is 28.4 Å². The minimum Gasteiger partial charge on any atom is -0.444 e. The normalized spacial score (nSPS) is 16.1. The highest BCUT2D eigenvalue weighted by molar-refractivity contribution is 9.10. The molecule has 1 aromatic heterocycles. The van der Waals surface area contributed by atoms with E-state index >= 15 is 0 Å². The van der Waals surface area contributed by atoms with Crippen LogP contribution in [-0.2, 0) is 4.74 Å². The van der Waals surface area contributed by atoms with Gasteiger partial charge < -0.3 is 9.64 Å². The van der Waals surface area contributed by atoms with Crippen molar-refractivity contribution in [1.82, 2.24) is 15.1 Å². The van der Waals surface area contributed by atoms with Crippen molar-refractivity contribution >= 4 is 32.9 Å². The number of para-hydroxylation sites is 1. The minimum atomic E-state index is -0.451. The number of aromatic amines is 1. The van der Waals surface area contributed by atoms with Crippen LogP contribution in [0.1, 0.15) is 32.4 Å². The lowest BCUT2D eigenvalue weighted by atomic mass is 9.94. The van der Waals surface area contributed by atoms with Crippen LogP contribution in [0.4, 0.5) is 4.79 Å². The van der Waals surface area contributed by atoms with Gasteiger partial charge in [-0.05, 0) is 42.8 Å². The van der Waals surface area contributed by atoms with Crippen molar-refractivity contribution < 1.29 is 9.53 Å². The smallest absolute Gasteiger partial charge is 0.410 e. The van der Waals surface area contributed by atoms with Crippen molar-refractivity contribution in [1.29, 1.82) is 0 Å². The first-order valence-corrected chi connectivity index (χ1v) is 7.75. The maximum atomic E-state index is 11.9. The van der Waals surface area contributed by atoms with Crippen LogP contribution in [0, 0.1) is 0 Å². The van der Waals surface area contributed by atoms with E-state index in [-0.39, 0.29) is 12.0 Å². The van der Waals surface area contributed by atoms with Gasteiger partial charge in [-0.3, -0.25) is 5.10 Å². The van der Waals surface area contributed by atoms with Gasteiger partial charge >= 0.3 is 6.09 Å².